The van der Waals surface area contributed by atoms with E-state index in [0.717, 1.165) is 19.1 Å². The molecule has 0 bridgehead atoms. The van der Waals surface area contributed by atoms with Crippen molar-refractivity contribution in [2.45, 2.75) is 32.6 Å². The van der Waals surface area contributed by atoms with E-state index in [1.54, 1.807) is 6.08 Å². The van der Waals surface area contributed by atoms with E-state index < -0.39 is 0 Å². The van der Waals surface area contributed by atoms with Gasteiger partial charge in [-0.1, -0.05) is 25.2 Å². The van der Waals surface area contributed by atoms with Crippen LogP contribution in [-0.2, 0) is 9.59 Å². The van der Waals surface area contributed by atoms with Crippen molar-refractivity contribution in [3.63, 3.8) is 0 Å². The Kier molecular flexibility index (Phi) is 8.10. The summed E-state index contributed by atoms with van der Waals surface area (Å²) < 4.78 is 0. The van der Waals surface area contributed by atoms with E-state index in [9.17, 15) is 9.59 Å². The van der Waals surface area contributed by atoms with Crippen molar-refractivity contribution in [2.75, 3.05) is 0 Å². The minimum absolute atomic E-state index is 0.0857. The van der Waals surface area contributed by atoms with E-state index >= 15 is 0 Å². The van der Waals surface area contributed by atoms with E-state index in [4.69, 9.17) is 0 Å². The van der Waals surface area contributed by atoms with Gasteiger partial charge in [0.25, 0.3) is 0 Å². The minimum Gasteiger partial charge on any atom is -0.303 e. The molecule has 0 saturated carbocycles. The SMILES string of the molecule is CCC=CCCC(=O)C=CCC=O. The molecule has 0 N–H and O–H groups in total. The fourth-order valence-corrected chi connectivity index (χ4v) is 0.848. The summed E-state index contributed by atoms with van der Waals surface area (Å²) in [5.74, 6) is 0.0857. The molecule has 0 fully saturated rings. The summed E-state index contributed by atoms with van der Waals surface area (Å²) >= 11 is 0. The third-order valence-electron chi connectivity index (χ3n) is 1.50. The third kappa shape index (κ3) is 8.73. The van der Waals surface area contributed by atoms with Gasteiger partial charge in [0, 0.05) is 12.8 Å². The molecule has 0 aromatic carbocycles. The Morgan fingerprint density at radius 3 is 2.62 bits per heavy atom. The zero-order chi connectivity index (χ0) is 9.94. The van der Waals surface area contributed by atoms with Gasteiger partial charge in [-0.15, -0.1) is 0 Å². The standard InChI is InChI=1S/C11H16O2/c1-2-3-4-5-8-11(13)9-6-7-10-12/h3-4,6,9-10H,2,5,7-8H2,1H3. The van der Waals surface area contributed by atoms with Crippen molar-refractivity contribution in [3.8, 4) is 0 Å². The Bertz CT molecular complexity index is 202. The molecule has 0 aromatic heterocycles. The molecule has 72 valence electrons. The molecule has 13 heavy (non-hydrogen) atoms. The van der Waals surface area contributed by atoms with Crippen LogP contribution in [0.3, 0.4) is 0 Å². The lowest BCUT2D eigenvalue weighted by Crippen LogP contribution is -1.90. The van der Waals surface area contributed by atoms with Gasteiger partial charge in [-0.25, -0.2) is 0 Å². The monoisotopic (exact) mass is 180 g/mol. The summed E-state index contributed by atoms with van der Waals surface area (Å²) in [6.45, 7) is 2.06. The first-order chi connectivity index (χ1) is 6.31. The number of hydrogen-bond donors (Lipinski definition) is 0. The van der Waals surface area contributed by atoms with E-state index in [-0.39, 0.29) is 5.78 Å². The highest BCUT2D eigenvalue weighted by Gasteiger charge is 1.92. The first-order valence-corrected chi connectivity index (χ1v) is 4.59. The summed E-state index contributed by atoms with van der Waals surface area (Å²) in [5, 5.41) is 0. The van der Waals surface area contributed by atoms with Gasteiger partial charge in [0.2, 0.25) is 0 Å². The number of rotatable bonds is 7. The van der Waals surface area contributed by atoms with Crippen LogP contribution < -0.4 is 0 Å². The summed E-state index contributed by atoms with van der Waals surface area (Å²) in [4.78, 5) is 21.0. The Morgan fingerprint density at radius 2 is 2.00 bits per heavy atom. The van der Waals surface area contributed by atoms with Crippen LogP contribution in [0.5, 0.6) is 0 Å². The molecular formula is C11H16O2. The highest BCUT2D eigenvalue weighted by atomic mass is 16.1. The van der Waals surface area contributed by atoms with Crippen LogP contribution in [0.2, 0.25) is 0 Å². The topological polar surface area (TPSA) is 34.1 Å². The molecule has 0 rings (SSSR count). The second-order valence-electron chi connectivity index (χ2n) is 2.69. The number of carbonyl (C=O) groups excluding carboxylic acids is 2. The van der Waals surface area contributed by atoms with Crippen molar-refractivity contribution in [1.82, 2.24) is 0 Å². The van der Waals surface area contributed by atoms with Crippen LogP contribution in [0.15, 0.2) is 24.3 Å². The van der Waals surface area contributed by atoms with Crippen molar-refractivity contribution in [1.29, 1.82) is 0 Å². The van der Waals surface area contributed by atoms with Crippen molar-refractivity contribution in [2.24, 2.45) is 0 Å². The number of hydrogen-bond acceptors (Lipinski definition) is 2. The van der Waals surface area contributed by atoms with Crippen molar-refractivity contribution in [3.05, 3.63) is 24.3 Å². The van der Waals surface area contributed by atoms with Gasteiger partial charge in [-0.3, -0.25) is 4.79 Å². The smallest absolute Gasteiger partial charge is 0.155 e. The Labute approximate surface area is 79.3 Å². The molecule has 0 heterocycles. The van der Waals surface area contributed by atoms with Gasteiger partial charge in [0.1, 0.15) is 6.29 Å². The lowest BCUT2D eigenvalue weighted by molar-refractivity contribution is -0.114. The van der Waals surface area contributed by atoms with E-state index in [1.165, 1.54) is 6.08 Å². The molecule has 0 amide bonds. The van der Waals surface area contributed by atoms with E-state index in [0.29, 0.717) is 12.8 Å². The summed E-state index contributed by atoms with van der Waals surface area (Å²) in [5.41, 5.74) is 0. The molecule has 0 saturated heterocycles. The van der Waals surface area contributed by atoms with Gasteiger partial charge in [0.05, 0.1) is 0 Å². The number of allylic oxidation sites excluding steroid dienone is 4. The molecule has 0 aromatic rings. The third-order valence-corrected chi connectivity index (χ3v) is 1.50. The van der Waals surface area contributed by atoms with Crippen LogP contribution in [0, 0.1) is 0 Å². The number of ketones is 1. The Morgan fingerprint density at radius 1 is 1.23 bits per heavy atom. The largest absolute Gasteiger partial charge is 0.303 e. The Balaban J connectivity index is 3.51. The van der Waals surface area contributed by atoms with Gasteiger partial charge in [-0.05, 0) is 18.9 Å². The molecular weight excluding hydrogens is 164 g/mol. The van der Waals surface area contributed by atoms with Crippen LogP contribution in [0.25, 0.3) is 0 Å². The normalized spacial score (nSPS) is 11.2. The average Bonchev–Trinajstić information content (AvgIpc) is 2.13. The molecule has 0 aliphatic heterocycles. The Hall–Kier alpha value is -1.18. The molecule has 0 aliphatic rings. The minimum atomic E-state index is 0.0857. The van der Waals surface area contributed by atoms with E-state index in [2.05, 4.69) is 6.92 Å². The molecule has 0 spiro atoms. The fraction of sp³-hybridized carbons (Fsp3) is 0.455. The molecule has 0 atom stereocenters. The van der Waals surface area contributed by atoms with Crippen LogP contribution in [0.4, 0.5) is 0 Å². The number of carbonyl (C=O) groups is 2. The summed E-state index contributed by atoms with van der Waals surface area (Å²) in [7, 11) is 0. The second-order valence-corrected chi connectivity index (χ2v) is 2.69. The fourth-order valence-electron chi connectivity index (χ4n) is 0.848. The maximum Gasteiger partial charge on any atom is 0.155 e. The molecule has 0 aliphatic carbocycles. The molecule has 2 nitrogen and oxygen atoms in total. The van der Waals surface area contributed by atoms with Crippen LogP contribution >= 0.6 is 0 Å². The zero-order valence-corrected chi connectivity index (χ0v) is 8.03. The van der Waals surface area contributed by atoms with E-state index in [1.807, 2.05) is 12.2 Å². The second kappa shape index (κ2) is 8.91. The first-order valence-electron chi connectivity index (χ1n) is 4.59. The predicted molar refractivity (Wildman–Crippen MR) is 53.5 cm³/mol. The van der Waals surface area contributed by atoms with Gasteiger partial charge >= 0.3 is 0 Å². The number of aldehydes is 1. The van der Waals surface area contributed by atoms with Crippen LogP contribution in [0.1, 0.15) is 32.6 Å². The maximum absolute atomic E-state index is 11.0. The maximum atomic E-state index is 11.0. The van der Waals surface area contributed by atoms with Gasteiger partial charge in [-0.2, -0.15) is 0 Å². The highest BCUT2D eigenvalue weighted by Crippen LogP contribution is 1.95. The van der Waals surface area contributed by atoms with Crippen molar-refractivity contribution < 1.29 is 9.59 Å². The lowest BCUT2D eigenvalue weighted by Gasteiger charge is -1.89. The van der Waals surface area contributed by atoms with Crippen molar-refractivity contribution >= 4 is 12.1 Å². The molecule has 2 heteroatoms. The van der Waals surface area contributed by atoms with Gasteiger partial charge in [0.15, 0.2) is 5.78 Å². The zero-order valence-electron chi connectivity index (χ0n) is 8.03. The molecule has 0 unspecified atom stereocenters. The molecule has 0 radical (unpaired) electrons. The average molecular weight is 180 g/mol. The highest BCUT2D eigenvalue weighted by molar-refractivity contribution is 5.89. The first kappa shape index (κ1) is 11.8. The predicted octanol–water partition coefficient (Wildman–Crippen LogP) is 2.45. The van der Waals surface area contributed by atoms with Gasteiger partial charge < -0.3 is 4.79 Å². The van der Waals surface area contributed by atoms with Crippen LogP contribution in [-0.4, -0.2) is 12.1 Å². The summed E-state index contributed by atoms with van der Waals surface area (Å²) in [6, 6.07) is 0. The quantitative estimate of drug-likeness (QED) is 0.342. The summed E-state index contributed by atoms with van der Waals surface area (Å²) in [6.07, 6.45) is 10.6. The lowest BCUT2D eigenvalue weighted by atomic mass is 10.2.